The summed E-state index contributed by atoms with van der Waals surface area (Å²) in [4.78, 5) is 21.6. The van der Waals surface area contributed by atoms with Gasteiger partial charge in [0.15, 0.2) is 5.13 Å². The van der Waals surface area contributed by atoms with Gasteiger partial charge in [0, 0.05) is 33.3 Å². The summed E-state index contributed by atoms with van der Waals surface area (Å²) in [6.45, 7) is 6.29. The molecule has 1 fully saturated rings. The number of anilines is 2. The molecule has 2 aromatic rings. The minimum Gasteiger partial charge on any atom is -0.492 e. The van der Waals surface area contributed by atoms with Gasteiger partial charge in [0.05, 0.1) is 31.7 Å². The second kappa shape index (κ2) is 9.05. The lowest BCUT2D eigenvalue weighted by atomic mass is 10.2. The van der Waals surface area contributed by atoms with Gasteiger partial charge in [-0.05, 0) is 19.1 Å². The first-order chi connectivity index (χ1) is 13.2. The van der Waals surface area contributed by atoms with E-state index in [-0.39, 0.29) is 5.97 Å². The molecule has 0 atom stereocenters. The fourth-order valence-electron chi connectivity index (χ4n) is 3.10. The zero-order valence-corrected chi connectivity index (χ0v) is 16.8. The molecule has 0 amide bonds. The molecule has 0 bridgehead atoms. The molecule has 8 heteroatoms. The third-order valence-electron chi connectivity index (χ3n) is 4.39. The van der Waals surface area contributed by atoms with Gasteiger partial charge < -0.3 is 24.0 Å². The summed E-state index contributed by atoms with van der Waals surface area (Å²) in [7, 11) is 2.97. The fraction of sp³-hybridized carbons (Fsp3) is 0.474. The molecule has 0 spiro atoms. The van der Waals surface area contributed by atoms with Crippen molar-refractivity contribution in [3.05, 3.63) is 34.8 Å². The fourth-order valence-corrected chi connectivity index (χ4v) is 4.13. The normalized spacial score (nSPS) is 14.3. The molecule has 1 saturated heterocycles. The molecule has 7 nitrogen and oxygen atoms in total. The molecular weight excluding hydrogens is 366 g/mol. The van der Waals surface area contributed by atoms with E-state index in [9.17, 15) is 4.79 Å². The number of piperazine rings is 1. The van der Waals surface area contributed by atoms with E-state index >= 15 is 0 Å². The first-order valence-corrected chi connectivity index (χ1v) is 9.78. The monoisotopic (exact) mass is 391 g/mol. The predicted octanol–water partition coefficient (Wildman–Crippen LogP) is 2.80. The Bertz CT molecular complexity index is 772. The van der Waals surface area contributed by atoms with Crippen LogP contribution < -0.4 is 14.5 Å². The Morgan fingerprint density at radius 2 is 1.85 bits per heavy atom. The van der Waals surface area contributed by atoms with Crippen LogP contribution in [0, 0.1) is 0 Å². The average Bonchev–Trinajstić information content (AvgIpc) is 3.12. The Kier molecular flexibility index (Phi) is 6.52. The highest BCUT2D eigenvalue weighted by atomic mass is 32.1. The van der Waals surface area contributed by atoms with Gasteiger partial charge >= 0.3 is 5.97 Å². The van der Waals surface area contributed by atoms with Crippen LogP contribution in [0.3, 0.4) is 0 Å². The summed E-state index contributed by atoms with van der Waals surface area (Å²) < 4.78 is 15.8. The molecule has 0 unspecified atom stereocenters. The van der Waals surface area contributed by atoms with Crippen molar-refractivity contribution < 1.29 is 19.0 Å². The number of carbonyl (C=O) groups excluding carboxylic acids is 1. The van der Waals surface area contributed by atoms with E-state index < -0.39 is 0 Å². The second-order valence-corrected chi connectivity index (χ2v) is 7.05. The number of benzene rings is 1. The zero-order valence-electron chi connectivity index (χ0n) is 15.9. The molecular formula is C19H25N3O4S. The number of rotatable bonds is 7. The molecule has 2 heterocycles. The molecule has 27 heavy (non-hydrogen) atoms. The summed E-state index contributed by atoms with van der Waals surface area (Å²) in [6.07, 6.45) is 0. The Hall–Kier alpha value is -2.32. The van der Waals surface area contributed by atoms with E-state index in [1.165, 1.54) is 18.4 Å². The Labute approximate surface area is 163 Å². The number of hydrogen-bond donors (Lipinski definition) is 0. The van der Waals surface area contributed by atoms with Crippen LogP contribution in [0.5, 0.6) is 5.75 Å². The highest BCUT2D eigenvalue weighted by Crippen LogP contribution is 2.32. The number of methoxy groups -OCH3 is 2. The van der Waals surface area contributed by atoms with Gasteiger partial charge in [0.2, 0.25) is 0 Å². The van der Waals surface area contributed by atoms with Crippen LogP contribution in [0.15, 0.2) is 24.3 Å². The van der Waals surface area contributed by atoms with E-state index in [1.54, 1.807) is 7.11 Å². The third kappa shape index (κ3) is 4.33. The van der Waals surface area contributed by atoms with Crippen molar-refractivity contribution in [1.29, 1.82) is 0 Å². The Balaban J connectivity index is 1.72. The number of thiazole rings is 1. The molecule has 1 aromatic heterocycles. The van der Waals surface area contributed by atoms with E-state index in [2.05, 4.69) is 20.9 Å². The van der Waals surface area contributed by atoms with Crippen LogP contribution in [-0.2, 0) is 16.1 Å². The zero-order chi connectivity index (χ0) is 19.2. The van der Waals surface area contributed by atoms with E-state index in [4.69, 9.17) is 14.2 Å². The van der Waals surface area contributed by atoms with Gasteiger partial charge in [0.25, 0.3) is 0 Å². The number of esters is 1. The first-order valence-electron chi connectivity index (χ1n) is 8.96. The highest BCUT2D eigenvalue weighted by molar-refractivity contribution is 7.17. The first kappa shape index (κ1) is 19.4. The molecule has 1 aromatic carbocycles. The number of carbonyl (C=O) groups is 1. The van der Waals surface area contributed by atoms with Crippen LogP contribution in [0.25, 0.3) is 0 Å². The highest BCUT2D eigenvalue weighted by Gasteiger charge is 2.25. The molecule has 3 rings (SSSR count). The molecule has 0 N–H and O–H groups in total. The van der Waals surface area contributed by atoms with E-state index in [0.717, 1.165) is 42.7 Å². The summed E-state index contributed by atoms with van der Waals surface area (Å²) in [5.41, 5.74) is 1.75. The Morgan fingerprint density at radius 1 is 1.15 bits per heavy atom. The molecule has 146 valence electrons. The van der Waals surface area contributed by atoms with E-state index in [0.29, 0.717) is 23.8 Å². The number of hydrogen-bond acceptors (Lipinski definition) is 8. The maximum absolute atomic E-state index is 12.0. The minimum absolute atomic E-state index is 0.294. The summed E-state index contributed by atoms with van der Waals surface area (Å²) in [5.74, 6) is 0.549. The molecule has 0 saturated carbocycles. The van der Waals surface area contributed by atoms with Crippen LogP contribution in [0.2, 0.25) is 0 Å². The van der Waals surface area contributed by atoms with Crippen molar-refractivity contribution >= 4 is 28.1 Å². The van der Waals surface area contributed by atoms with Gasteiger partial charge in [-0.3, -0.25) is 0 Å². The van der Waals surface area contributed by atoms with Crippen LogP contribution in [0.1, 0.15) is 22.3 Å². The van der Waals surface area contributed by atoms with Crippen molar-refractivity contribution in [2.75, 3.05) is 56.8 Å². The van der Waals surface area contributed by atoms with Crippen molar-refractivity contribution in [2.45, 2.75) is 13.5 Å². The van der Waals surface area contributed by atoms with Crippen molar-refractivity contribution in [2.24, 2.45) is 0 Å². The van der Waals surface area contributed by atoms with E-state index in [1.807, 2.05) is 25.1 Å². The van der Waals surface area contributed by atoms with Gasteiger partial charge in [-0.2, -0.15) is 0 Å². The standard InChI is InChI=1S/C19H25N3O4S/c1-4-26-16-8-6-5-7-15(16)21-9-11-22(12-10-21)19-20-14(13-24-2)17(27-19)18(23)25-3/h5-8H,4,9-13H2,1-3H3. The van der Waals surface area contributed by atoms with Gasteiger partial charge in [-0.25, -0.2) is 9.78 Å². The topological polar surface area (TPSA) is 64.1 Å². The summed E-state index contributed by atoms with van der Waals surface area (Å²) in [5, 5.41) is 0.834. The average molecular weight is 391 g/mol. The smallest absolute Gasteiger partial charge is 0.350 e. The van der Waals surface area contributed by atoms with Crippen molar-refractivity contribution in [3.8, 4) is 5.75 Å². The summed E-state index contributed by atoms with van der Waals surface area (Å²) >= 11 is 1.36. The Morgan fingerprint density at radius 3 is 2.52 bits per heavy atom. The molecule has 1 aliphatic rings. The maximum Gasteiger partial charge on any atom is 0.350 e. The van der Waals surface area contributed by atoms with Crippen LogP contribution in [0.4, 0.5) is 10.8 Å². The third-order valence-corrected chi connectivity index (χ3v) is 5.53. The second-order valence-electron chi connectivity index (χ2n) is 6.07. The van der Waals surface area contributed by atoms with Crippen LogP contribution >= 0.6 is 11.3 Å². The number of para-hydroxylation sites is 2. The van der Waals surface area contributed by atoms with Gasteiger partial charge in [0.1, 0.15) is 10.6 Å². The maximum atomic E-state index is 12.0. The van der Waals surface area contributed by atoms with Crippen molar-refractivity contribution in [3.63, 3.8) is 0 Å². The molecule has 0 radical (unpaired) electrons. The lowest BCUT2D eigenvalue weighted by molar-refractivity contribution is 0.0601. The summed E-state index contributed by atoms with van der Waals surface area (Å²) in [6, 6.07) is 8.12. The quantitative estimate of drug-likeness (QED) is 0.673. The molecule has 1 aliphatic heterocycles. The molecule has 0 aliphatic carbocycles. The van der Waals surface area contributed by atoms with Gasteiger partial charge in [-0.1, -0.05) is 23.5 Å². The predicted molar refractivity (Wildman–Crippen MR) is 106 cm³/mol. The minimum atomic E-state index is -0.366. The lowest BCUT2D eigenvalue weighted by Crippen LogP contribution is -2.46. The largest absolute Gasteiger partial charge is 0.492 e. The number of ether oxygens (including phenoxy) is 3. The van der Waals surface area contributed by atoms with Gasteiger partial charge in [-0.15, -0.1) is 0 Å². The lowest BCUT2D eigenvalue weighted by Gasteiger charge is -2.36. The number of nitrogens with zero attached hydrogens (tertiary/aromatic N) is 3. The SMILES string of the molecule is CCOc1ccccc1N1CCN(c2nc(COC)c(C(=O)OC)s2)CC1. The number of aromatic nitrogens is 1. The van der Waals surface area contributed by atoms with Crippen LogP contribution in [-0.4, -0.2) is 58.0 Å². The van der Waals surface area contributed by atoms with Crippen molar-refractivity contribution in [1.82, 2.24) is 4.98 Å².